The van der Waals surface area contributed by atoms with Gasteiger partial charge in [0.05, 0.1) is 39.1 Å². The molecule has 0 aromatic rings. The summed E-state index contributed by atoms with van der Waals surface area (Å²) >= 11 is 0. The third kappa shape index (κ3) is 84.3. The Labute approximate surface area is 496 Å². The predicted octanol–water partition coefficient (Wildman–Crippen LogP) is 15.6. The molecule has 0 heterocycles. The summed E-state index contributed by atoms with van der Waals surface area (Å²) in [6.07, 6.45) is 62.1. The molecule has 462 valence electrons. The molecule has 0 saturated heterocycles. The van der Waals surface area contributed by atoms with E-state index in [0.717, 1.165) is 38.5 Å². The van der Waals surface area contributed by atoms with E-state index in [1.165, 1.54) is 270 Å². The van der Waals surface area contributed by atoms with Crippen molar-refractivity contribution >= 4 is 53.2 Å². The van der Waals surface area contributed by atoms with Gasteiger partial charge in [0.2, 0.25) is 0 Å². The second-order valence-electron chi connectivity index (χ2n) is 22.2. The zero-order valence-electron chi connectivity index (χ0n) is 51.8. The first-order valence-electron chi connectivity index (χ1n) is 33.1. The molecule has 0 aliphatic carbocycles. The molecular formula is C66H123AlO12. The number of carbonyl (C=O) groups is 6. The van der Waals surface area contributed by atoms with Gasteiger partial charge in [-0.25, -0.2) is 0 Å². The normalized spacial score (nSPS) is 10.7. The monoisotopic (exact) mass is 1130 g/mol. The molecule has 12 nitrogen and oxygen atoms in total. The van der Waals surface area contributed by atoms with Crippen molar-refractivity contribution in [2.24, 2.45) is 0 Å². The molecule has 0 amide bonds. The summed E-state index contributed by atoms with van der Waals surface area (Å²) in [5.74, 6) is -4.92. The number of aliphatic carboxylic acids is 3. The van der Waals surface area contributed by atoms with Crippen LogP contribution in [0.3, 0.4) is 0 Å². The van der Waals surface area contributed by atoms with E-state index in [4.69, 9.17) is 14.2 Å². The van der Waals surface area contributed by atoms with E-state index in [1.807, 2.05) is 0 Å². The maximum absolute atomic E-state index is 11.2. The SMILES string of the molecule is CCCCCCCCCCCCCCCCCCOC(=O)CCC(=O)[O-].CCCCCCCCCCCCCCCCCCOC(=O)CCC(=O)[O-].CCCCCCCCCCCCCCCCCCOC(=O)CCC(=O)[O-].[Al+3]. The number of carboxylic acid groups (broad SMARTS) is 3. The van der Waals surface area contributed by atoms with Gasteiger partial charge in [0.25, 0.3) is 0 Å². The van der Waals surface area contributed by atoms with Gasteiger partial charge >= 0.3 is 35.3 Å². The molecule has 0 spiro atoms. The van der Waals surface area contributed by atoms with Crippen LogP contribution in [0.15, 0.2) is 0 Å². The summed E-state index contributed by atoms with van der Waals surface area (Å²) in [6.45, 7) is 8.02. The molecule has 0 saturated carbocycles. The van der Waals surface area contributed by atoms with Crippen LogP contribution in [0.25, 0.3) is 0 Å². The van der Waals surface area contributed by atoms with Crippen molar-refractivity contribution in [3.63, 3.8) is 0 Å². The minimum absolute atomic E-state index is 0. The van der Waals surface area contributed by atoms with Crippen LogP contribution in [0.5, 0.6) is 0 Å². The molecule has 0 aromatic carbocycles. The standard InChI is InChI=1S/3C22H42O4.Al/c3*1-2-3-4-5-6-7-8-9-10-11-12-13-14-15-16-17-20-26-22(25)19-18-21(23)24;/h3*2-20H2,1H3,(H,23,24);/q;;;+3/p-3. The van der Waals surface area contributed by atoms with Gasteiger partial charge in [0, 0.05) is 17.9 Å². The first kappa shape index (κ1) is 82.8. The summed E-state index contributed by atoms with van der Waals surface area (Å²) < 4.78 is 14.9. The van der Waals surface area contributed by atoms with Crippen molar-refractivity contribution < 1.29 is 58.3 Å². The van der Waals surface area contributed by atoms with Gasteiger partial charge in [0.1, 0.15) is 0 Å². The number of carbonyl (C=O) groups excluding carboxylic acids is 6. The average molecular weight is 1140 g/mol. The summed E-state index contributed by atoms with van der Waals surface area (Å²) in [4.78, 5) is 64.2. The third-order valence-electron chi connectivity index (χ3n) is 14.4. The summed E-state index contributed by atoms with van der Waals surface area (Å²) in [7, 11) is 0. The second kappa shape index (κ2) is 73.4. The Morgan fingerprint density at radius 2 is 0.342 bits per heavy atom. The molecule has 0 aliphatic rings. The fourth-order valence-electron chi connectivity index (χ4n) is 9.34. The molecule has 0 unspecified atom stereocenters. The van der Waals surface area contributed by atoms with Crippen molar-refractivity contribution in [3.8, 4) is 0 Å². The molecule has 0 aromatic heterocycles. The fraction of sp³-hybridized carbons (Fsp3) is 0.909. The van der Waals surface area contributed by atoms with Crippen molar-refractivity contribution in [3.05, 3.63) is 0 Å². The van der Waals surface area contributed by atoms with E-state index in [0.29, 0.717) is 19.8 Å². The van der Waals surface area contributed by atoms with Crippen molar-refractivity contribution in [2.45, 2.75) is 367 Å². The number of hydrogen-bond donors (Lipinski definition) is 0. The number of unbranched alkanes of at least 4 members (excludes halogenated alkanes) is 45. The van der Waals surface area contributed by atoms with E-state index in [2.05, 4.69) is 20.8 Å². The van der Waals surface area contributed by atoms with Crippen molar-refractivity contribution in [1.29, 1.82) is 0 Å². The van der Waals surface area contributed by atoms with Gasteiger partial charge in [-0.2, -0.15) is 0 Å². The Morgan fingerprint density at radius 1 is 0.215 bits per heavy atom. The minimum atomic E-state index is -1.20. The van der Waals surface area contributed by atoms with Crippen LogP contribution in [-0.4, -0.2) is 73.0 Å². The van der Waals surface area contributed by atoms with E-state index >= 15 is 0 Å². The molecule has 0 aliphatic heterocycles. The van der Waals surface area contributed by atoms with Gasteiger partial charge in [-0.15, -0.1) is 0 Å². The Hall–Kier alpha value is -2.65. The van der Waals surface area contributed by atoms with Crippen LogP contribution in [-0.2, 0) is 43.0 Å². The van der Waals surface area contributed by atoms with E-state index in [1.54, 1.807) is 0 Å². The summed E-state index contributed by atoms with van der Waals surface area (Å²) in [6, 6.07) is 0. The maximum Gasteiger partial charge on any atom is 3.00 e. The van der Waals surface area contributed by atoms with Crippen LogP contribution >= 0.6 is 0 Å². The summed E-state index contributed by atoms with van der Waals surface area (Å²) in [5, 5.41) is 30.7. The number of hydrogen-bond acceptors (Lipinski definition) is 12. The number of carboxylic acids is 3. The first-order valence-corrected chi connectivity index (χ1v) is 33.1. The quantitative estimate of drug-likeness (QED) is 0.0242. The molecular weight excluding hydrogens is 1010 g/mol. The Balaban J connectivity index is -0.000000531. The van der Waals surface area contributed by atoms with E-state index in [9.17, 15) is 44.1 Å². The molecule has 0 bridgehead atoms. The van der Waals surface area contributed by atoms with Gasteiger partial charge in [0.15, 0.2) is 0 Å². The van der Waals surface area contributed by atoms with E-state index in [-0.39, 0.29) is 55.9 Å². The van der Waals surface area contributed by atoms with Crippen LogP contribution in [0, 0.1) is 0 Å². The number of ether oxygens (including phenoxy) is 3. The number of esters is 3. The second-order valence-corrected chi connectivity index (χ2v) is 22.2. The Kier molecular flexibility index (Phi) is 76.9. The summed E-state index contributed by atoms with van der Waals surface area (Å²) in [5.41, 5.74) is 0. The first-order chi connectivity index (χ1) is 38.0. The van der Waals surface area contributed by atoms with Crippen LogP contribution in [0.4, 0.5) is 0 Å². The zero-order valence-corrected chi connectivity index (χ0v) is 52.9. The zero-order chi connectivity index (χ0) is 57.9. The molecule has 0 rings (SSSR count). The minimum Gasteiger partial charge on any atom is -0.550 e. The molecule has 0 atom stereocenters. The van der Waals surface area contributed by atoms with Gasteiger partial charge in [-0.3, -0.25) is 14.4 Å². The number of rotatable bonds is 60. The van der Waals surface area contributed by atoms with Crippen molar-refractivity contribution in [1.82, 2.24) is 0 Å². The maximum atomic E-state index is 11.2. The Bertz CT molecular complexity index is 1140. The molecule has 13 heteroatoms. The average Bonchev–Trinajstić information content (AvgIpc) is 3.42. The van der Waals surface area contributed by atoms with Crippen molar-refractivity contribution in [2.75, 3.05) is 19.8 Å². The van der Waals surface area contributed by atoms with Gasteiger partial charge in [-0.1, -0.05) is 310 Å². The molecule has 0 radical (unpaired) electrons. The topological polar surface area (TPSA) is 199 Å². The van der Waals surface area contributed by atoms with Crippen LogP contribution < -0.4 is 15.3 Å². The van der Waals surface area contributed by atoms with Crippen LogP contribution in [0.1, 0.15) is 367 Å². The smallest absolute Gasteiger partial charge is 0.550 e. The predicted molar refractivity (Wildman–Crippen MR) is 320 cm³/mol. The largest absolute Gasteiger partial charge is 3.00 e. The molecule has 0 fully saturated rings. The van der Waals surface area contributed by atoms with E-state index < -0.39 is 35.8 Å². The fourth-order valence-corrected chi connectivity index (χ4v) is 9.34. The third-order valence-corrected chi connectivity index (χ3v) is 14.4. The van der Waals surface area contributed by atoms with Crippen LogP contribution in [0.2, 0.25) is 0 Å². The van der Waals surface area contributed by atoms with Gasteiger partial charge in [-0.05, 0) is 38.5 Å². The molecule has 0 N–H and O–H groups in total. The Morgan fingerprint density at radius 3 is 0.468 bits per heavy atom. The van der Waals surface area contributed by atoms with Gasteiger partial charge < -0.3 is 43.9 Å². The molecule has 79 heavy (non-hydrogen) atoms.